The summed E-state index contributed by atoms with van der Waals surface area (Å²) in [6, 6.07) is 27.7. The van der Waals surface area contributed by atoms with Crippen LogP contribution in [0.25, 0.3) is 0 Å². The van der Waals surface area contributed by atoms with E-state index in [1.165, 1.54) is 28.0 Å². The molecule has 1 aliphatic rings. The van der Waals surface area contributed by atoms with Gasteiger partial charge >= 0.3 is 221 Å². The summed E-state index contributed by atoms with van der Waals surface area (Å²) in [5.74, 6) is 1.08. The van der Waals surface area contributed by atoms with Gasteiger partial charge in [0.15, 0.2) is 0 Å². The van der Waals surface area contributed by atoms with Crippen LogP contribution in [0.3, 0.4) is 0 Å². The molecule has 1 aliphatic carbocycles. The van der Waals surface area contributed by atoms with Crippen molar-refractivity contribution in [2.75, 3.05) is 0 Å². The van der Waals surface area contributed by atoms with Crippen LogP contribution in [-0.4, -0.2) is 15.1 Å². The molecule has 0 bridgehead atoms. The van der Waals surface area contributed by atoms with Crippen molar-refractivity contribution in [1.82, 2.24) is 0 Å². The van der Waals surface area contributed by atoms with Crippen molar-refractivity contribution in [1.29, 1.82) is 0 Å². The molecule has 0 aliphatic heterocycles. The van der Waals surface area contributed by atoms with Crippen LogP contribution in [0.1, 0.15) is 47.1 Å². The molecule has 0 fully saturated rings. The molecule has 3 aromatic carbocycles. The predicted octanol–water partition coefficient (Wildman–Crippen LogP) is 7.11. The van der Waals surface area contributed by atoms with E-state index in [1.54, 1.807) is 0 Å². The topological polar surface area (TPSA) is 9.23 Å². The van der Waals surface area contributed by atoms with Crippen LogP contribution >= 0.6 is 36.4 Å². The Morgan fingerprint density at radius 1 is 0.865 bits per heavy atom. The summed E-state index contributed by atoms with van der Waals surface area (Å²) >= 11 is 2.07. The molecule has 0 saturated heterocycles. The molecule has 1 unspecified atom stereocenters. The number of hydrogen-bond acceptors (Lipinski definition) is 1. The molecule has 1 nitrogen and oxygen atoms in total. The van der Waals surface area contributed by atoms with Crippen LogP contribution < -0.4 is 11.1 Å². The van der Waals surface area contributed by atoms with Gasteiger partial charge in [-0.15, -0.1) is 24.8 Å². The summed E-state index contributed by atoms with van der Waals surface area (Å²) in [6.07, 6.45) is 0. The van der Waals surface area contributed by atoms with Crippen LogP contribution in [0.4, 0.5) is 0 Å². The van der Waals surface area contributed by atoms with Gasteiger partial charge in [0, 0.05) is 0 Å². The van der Waals surface area contributed by atoms with Crippen LogP contribution in [-0.2, 0) is 20.6 Å². The molecule has 0 heterocycles. The molecular weight excluding hydrogens is 571 g/mol. The molecule has 1 atom stereocenters. The Kier molecular flexibility index (Phi) is 9.79. The van der Waals surface area contributed by atoms with Gasteiger partial charge in [0.05, 0.1) is 0 Å². The zero-order valence-corrected chi connectivity index (χ0v) is 28.8. The number of rotatable bonds is 5. The molecule has 3 aromatic rings. The van der Waals surface area contributed by atoms with E-state index in [9.17, 15) is 0 Å². The third kappa shape index (κ3) is 5.39. The van der Waals surface area contributed by atoms with E-state index < -0.39 is 15.2 Å². The molecule has 0 radical (unpaired) electrons. The average molecular weight is 610 g/mol. The Hall–Kier alpha value is -1.39. The van der Waals surface area contributed by atoms with Crippen molar-refractivity contribution in [3.63, 3.8) is 0 Å². The first-order valence-electron chi connectivity index (χ1n) is 12.4. The van der Waals surface area contributed by atoms with E-state index >= 15 is 0 Å². The number of benzene rings is 3. The van der Waals surface area contributed by atoms with E-state index in [0.717, 1.165) is 21.6 Å². The number of hydrogen-bond donors (Lipinski definition) is 0. The second-order valence-electron chi connectivity index (χ2n) is 11.2. The first kappa shape index (κ1) is 31.8. The summed E-state index contributed by atoms with van der Waals surface area (Å²) in [6.45, 7) is 13.5. The molecule has 6 heteroatoms. The normalized spacial score (nSPS) is 16.4. The maximum atomic E-state index is 7.53. The summed E-state index contributed by atoms with van der Waals surface area (Å²) in [5.41, 5.74) is 3.95. The van der Waals surface area contributed by atoms with E-state index in [-0.39, 0.29) is 36.1 Å². The molecule has 0 amide bonds. The fourth-order valence-electron chi connectivity index (χ4n) is 5.77. The van der Waals surface area contributed by atoms with E-state index in [1.807, 2.05) is 6.07 Å². The van der Waals surface area contributed by atoms with Crippen LogP contribution in [0.15, 0.2) is 99.1 Å². The zero-order valence-electron chi connectivity index (χ0n) is 22.9. The van der Waals surface area contributed by atoms with Crippen molar-refractivity contribution < 1.29 is 18.5 Å². The van der Waals surface area contributed by atoms with Gasteiger partial charge in [-0.05, 0) is 0 Å². The second-order valence-corrected chi connectivity index (χ2v) is 19.8. The van der Waals surface area contributed by atoms with Gasteiger partial charge in [0.2, 0.25) is 0 Å². The predicted molar refractivity (Wildman–Crippen MR) is 169 cm³/mol. The van der Waals surface area contributed by atoms with E-state index in [4.69, 9.17) is 19.7 Å². The SMILES string of the molecule is Cl.Cl.[CH2]=[Ti]([O]c1cc(Cl)cc(C(C)(C)C)c1)([C]1=C([SiH3])C(C)=C(C)C1C)([c]1ccccc1)[c]1ccccc1. The van der Waals surface area contributed by atoms with Gasteiger partial charge in [-0.2, -0.15) is 0 Å². The van der Waals surface area contributed by atoms with E-state index in [2.05, 4.69) is 114 Å². The third-order valence-corrected chi connectivity index (χ3v) is 19.3. The minimum absolute atomic E-state index is 0. The molecule has 4 rings (SSSR count). The van der Waals surface area contributed by atoms with Crippen molar-refractivity contribution >= 4 is 59.2 Å². The van der Waals surface area contributed by atoms with Gasteiger partial charge in [-0.25, -0.2) is 0 Å². The summed E-state index contributed by atoms with van der Waals surface area (Å²) in [5, 5.41) is 2.15. The molecule has 0 saturated carbocycles. The first-order chi connectivity index (χ1) is 16.4. The first-order valence-corrected chi connectivity index (χ1v) is 17.9. The standard InChI is InChI=1S/C10H13ClO.C8H13Si.2C6H5.CH2.2ClH.Ti/c1-10(2,3)7-4-8(11)6-9(12)5-7;1-5-4-8(9)7(3)6(5)2;2*1-2-4-6-5-3-1;;;;/h4-6,12H,1-3H3;5H,1-3,9H3;2*1-5H;1H2;2*1H;/q;;;;;;;+1/p-1. The zero-order chi connectivity index (χ0) is 25.6. The molecule has 0 aromatic heterocycles. The van der Waals surface area contributed by atoms with Crippen LogP contribution in [0, 0.1) is 5.92 Å². The summed E-state index contributed by atoms with van der Waals surface area (Å²) in [4.78, 5) is 5.27. The molecule has 0 N–H and O–H groups in total. The Morgan fingerprint density at radius 2 is 1.35 bits per heavy atom. The van der Waals surface area contributed by atoms with Gasteiger partial charge in [0.1, 0.15) is 0 Å². The van der Waals surface area contributed by atoms with Crippen LogP contribution in [0.5, 0.6) is 5.75 Å². The molecule has 198 valence electrons. The minimum atomic E-state index is -4.62. The fraction of sp³-hybridized carbons (Fsp3) is 0.258. The van der Waals surface area contributed by atoms with Crippen molar-refractivity contribution in [2.45, 2.75) is 47.0 Å². The van der Waals surface area contributed by atoms with Crippen LogP contribution in [0.2, 0.25) is 5.02 Å². The van der Waals surface area contributed by atoms with Crippen molar-refractivity contribution in [3.05, 3.63) is 110 Å². The molecular formula is C31H39Cl3OSiTi. The summed E-state index contributed by atoms with van der Waals surface area (Å²) < 4.78 is 11.3. The maximum absolute atomic E-state index is 7.53. The van der Waals surface area contributed by atoms with E-state index in [0.29, 0.717) is 5.02 Å². The molecule has 37 heavy (non-hydrogen) atoms. The van der Waals surface area contributed by atoms with Gasteiger partial charge in [0.25, 0.3) is 0 Å². The Labute approximate surface area is 244 Å². The Balaban J connectivity index is 0.00000241. The van der Waals surface area contributed by atoms with Crippen molar-refractivity contribution in [3.8, 4) is 5.75 Å². The van der Waals surface area contributed by atoms with Gasteiger partial charge in [-0.3, -0.25) is 0 Å². The summed E-state index contributed by atoms with van der Waals surface area (Å²) in [7, 11) is 0.942. The third-order valence-electron chi connectivity index (χ3n) is 8.06. The quantitative estimate of drug-likeness (QED) is 0.280. The Bertz CT molecular complexity index is 1360. The number of halogens is 3. The average Bonchev–Trinajstić information content (AvgIpc) is 3.02. The van der Waals surface area contributed by atoms with Gasteiger partial charge < -0.3 is 0 Å². The second kappa shape index (κ2) is 11.4. The monoisotopic (exact) mass is 608 g/mol. The number of allylic oxidation sites excluding steroid dienone is 4. The fourth-order valence-corrected chi connectivity index (χ4v) is 18.1. The van der Waals surface area contributed by atoms with Gasteiger partial charge in [-0.1, -0.05) is 0 Å². The van der Waals surface area contributed by atoms with Crippen molar-refractivity contribution in [2.24, 2.45) is 5.92 Å². The molecule has 0 spiro atoms. The Morgan fingerprint density at radius 3 is 1.76 bits per heavy atom.